The molecule has 4 nitrogen and oxygen atoms in total. The fourth-order valence-electron chi connectivity index (χ4n) is 1.22. The summed E-state index contributed by atoms with van der Waals surface area (Å²) in [6.07, 6.45) is -4.55. The second kappa shape index (κ2) is 5.22. The molecule has 96 valence electrons. The van der Waals surface area contributed by atoms with Crippen LogP contribution in [0.15, 0.2) is 12.1 Å². The van der Waals surface area contributed by atoms with Crippen LogP contribution in [0.2, 0.25) is 0 Å². The molecular weight excluding hydrogens is 235 g/mol. The summed E-state index contributed by atoms with van der Waals surface area (Å²) < 4.78 is 37.3. The van der Waals surface area contributed by atoms with E-state index in [1.807, 2.05) is 0 Å². The molecule has 17 heavy (non-hydrogen) atoms. The summed E-state index contributed by atoms with van der Waals surface area (Å²) in [7, 11) is 0. The first-order chi connectivity index (χ1) is 7.79. The minimum Gasteiger partial charge on any atom is -0.393 e. The lowest BCUT2D eigenvalue weighted by atomic mass is 10.2. The van der Waals surface area contributed by atoms with Gasteiger partial charge in [0.2, 0.25) is 0 Å². The molecule has 0 aliphatic rings. The quantitative estimate of drug-likeness (QED) is 0.761. The normalized spacial score (nSPS) is 13.5. The molecule has 0 spiro atoms. The summed E-state index contributed by atoms with van der Waals surface area (Å²) in [5, 5.41) is 11.7. The topological polar surface area (TPSA) is 71.2 Å². The van der Waals surface area contributed by atoms with Gasteiger partial charge in [0.05, 0.1) is 11.7 Å². The molecule has 0 aromatic carbocycles. The van der Waals surface area contributed by atoms with Gasteiger partial charge in [-0.2, -0.15) is 13.2 Å². The Bertz CT molecular complexity index is 380. The van der Waals surface area contributed by atoms with Crippen molar-refractivity contribution in [2.24, 2.45) is 0 Å². The fraction of sp³-hybridized carbons (Fsp3) is 0.500. The highest BCUT2D eigenvalue weighted by atomic mass is 19.4. The zero-order chi connectivity index (χ0) is 13.1. The van der Waals surface area contributed by atoms with Gasteiger partial charge in [-0.05, 0) is 25.5 Å². The van der Waals surface area contributed by atoms with Gasteiger partial charge < -0.3 is 16.2 Å². The van der Waals surface area contributed by atoms with Gasteiger partial charge in [-0.1, -0.05) is 0 Å². The molecule has 1 atom stereocenters. The molecule has 0 aliphatic carbocycles. The molecule has 7 heteroatoms. The maximum Gasteiger partial charge on any atom is 0.416 e. The minimum atomic E-state index is -4.45. The lowest BCUT2D eigenvalue weighted by Gasteiger charge is -2.11. The number of aliphatic hydroxyl groups excluding tert-OH is 1. The first-order valence-electron chi connectivity index (χ1n) is 5.05. The number of nitrogen functional groups attached to an aromatic ring is 1. The van der Waals surface area contributed by atoms with Gasteiger partial charge in [-0.25, -0.2) is 4.98 Å². The van der Waals surface area contributed by atoms with Crippen molar-refractivity contribution >= 4 is 11.6 Å². The van der Waals surface area contributed by atoms with Gasteiger partial charge >= 0.3 is 6.18 Å². The summed E-state index contributed by atoms with van der Waals surface area (Å²) in [5.41, 5.74) is 4.44. The molecule has 0 radical (unpaired) electrons. The van der Waals surface area contributed by atoms with Crippen LogP contribution in [0.4, 0.5) is 24.8 Å². The first kappa shape index (κ1) is 13.6. The Morgan fingerprint density at radius 3 is 2.65 bits per heavy atom. The van der Waals surface area contributed by atoms with E-state index in [0.717, 1.165) is 12.1 Å². The number of alkyl halides is 3. The van der Waals surface area contributed by atoms with Crippen molar-refractivity contribution in [1.29, 1.82) is 0 Å². The number of hydrogen-bond donors (Lipinski definition) is 3. The zero-order valence-electron chi connectivity index (χ0n) is 9.25. The fourth-order valence-corrected chi connectivity index (χ4v) is 1.22. The SMILES string of the molecule is CC(O)CCNc1cc(C(F)(F)F)cc(N)n1. The van der Waals surface area contributed by atoms with Crippen LogP contribution in [0.1, 0.15) is 18.9 Å². The number of nitrogens with zero attached hydrogens (tertiary/aromatic N) is 1. The Labute approximate surface area is 96.7 Å². The van der Waals surface area contributed by atoms with Crippen molar-refractivity contribution in [3.05, 3.63) is 17.7 Å². The van der Waals surface area contributed by atoms with Crippen LogP contribution in [0.3, 0.4) is 0 Å². The molecule has 0 fully saturated rings. The average Bonchev–Trinajstić information content (AvgIpc) is 2.14. The summed E-state index contributed by atoms with van der Waals surface area (Å²) in [4.78, 5) is 3.73. The summed E-state index contributed by atoms with van der Waals surface area (Å²) >= 11 is 0. The van der Waals surface area contributed by atoms with Crippen LogP contribution in [0.25, 0.3) is 0 Å². The summed E-state index contributed by atoms with van der Waals surface area (Å²) in [6.45, 7) is 1.92. The van der Waals surface area contributed by atoms with E-state index in [-0.39, 0.29) is 11.6 Å². The molecule has 0 aliphatic heterocycles. The predicted molar refractivity (Wildman–Crippen MR) is 58.4 cm³/mol. The van der Waals surface area contributed by atoms with Gasteiger partial charge in [-0.3, -0.25) is 0 Å². The second-order valence-corrected chi connectivity index (χ2v) is 3.73. The number of anilines is 2. The third-order valence-corrected chi connectivity index (χ3v) is 2.04. The van der Waals surface area contributed by atoms with E-state index < -0.39 is 17.8 Å². The van der Waals surface area contributed by atoms with Crippen LogP contribution in [0, 0.1) is 0 Å². The van der Waals surface area contributed by atoms with Crippen LogP contribution < -0.4 is 11.1 Å². The van der Waals surface area contributed by atoms with Crippen molar-refractivity contribution in [2.75, 3.05) is 17.6 Å². The molecule has 0 amide bonds. The first-order valence-corrected chi connectivity index (χ1v) is 5.05. The van der Waals surface area contributed by atoms with E-state index in [2.05, 4.69) is 10.3 Å². The monoisotopic (exact) mass is 249 g/mol. The third kappa shape index (κ3) is 4.48. The van der Waals surface area contributed by atoms with Crippen LogP contribution in [0.5, 0.6) is 0 Å². The highest BCUT2D eigenvalue weighted by Crippen LogP contribution is 2.31. The molecule has 0 saturated heterocycles. The van der Waals surface area contributed by atoms with Crippen molar-refractivity contribution < 1.29 is 18.3 Å². The molecule has 0 bridgehead atoms. The van der Waals surface area contributed by atoms with E-state index in [9.17, 15) is 13.2 Å². The number of hydrogen-bond acceptors (Lipinski definition) is 4. The molecule has 1 aromatic heterocycles. The van der Waals surface area contributed by atoms with Gasteiger partial charge in [0.1, 0.15) is 11.6 Å². The Kier molecular flexibility index (Phi) is 4.17. The summed E-state index contributed by atoms with van der Waals surface area (Å²) in [6, 6.07) is 1.66. The standard InChI is InChI=1S/C10H14F3N3O/c1-6(17)2-3-15-9-5-7(10(11,12)13)4-8(14)16-9/h4-6,17H,2-3H2,1H3,(H3,14,15,16). The van der Waals surface area contributed by atoms with Crippen LogP contribution in [-0.4, -0.2) is 22.7 Å². The molecule has 0 saturated carbocycles. The average molecular weight is 249 g/mol. The number of aliphatic hydroxyl groups is 1. The molecule has 1 heterocycles. The highest BCUT2D eigenvalue weighted by Gasteiger charge is 2.31. The molecule has 4 N–H and O–H groups in total. The van der Waals surface area contributed by atoms with E-state index in [1.165, 1.54) is 0 Å². The number of halogens is 3. The van der Waals surface area contributed by atoms with E-state index >= 15 is 0 Å². The number of nitrogens with one attached hydrogen (secondary N) is 1. The molecule has 1 rings (SSSR count). The highest BCUT2D eigenvalue weighted by molar-refractivity contribution is 5.47. The van der Waals surface area contributed by atoms with Gasteiger partial charge in [0.15, 0.2) is 0 Å². The predicted octanol–water partition coefficient (Wildman–Crippen LogP) is 1.87. The maximum atomic E-state index is 12.4. The smallest absolute Gasteiger partial charge is 0.393 e. The maximum absolute atomic E-state index is 12.4. The molecular formula is C10H14F3N3O. The van der Waals surface area contributed by atoms with Crippen molar-refractivity contribution in [3.8, 4) is 0 Å². The minimum absolute atomic E-state index is 0.0537. The van der Waals surface area contributed by atoms with Crippen molar-refractivity contribution in [3.63, 3.8) is 0 Å². The van der Waals surface area contributed by atoms with Gasteiger partial charge in [0.25, 0.3) is 0 Å². The van der Waals surface area contributed by atoms with Crippen LogP contribution >= 0.6 is 0 Å². The van der Waals surface area contributed by atoms with Crippen molar-refractivity contribution in [2.45, 2.75) is 25.6 Å². The van der Waals surface area contributed by atoms with Gasteiger partial charge in [-0.15, -0.1) is 0 Å². The number of pyridine rings is 1. The van der Waals surface area contributed by atoms with Crippen molar-refractivity contribution in [1.82, 2.24) is 4.98 Å². The second-order valence-electron chi connectivity index (χ2n) is 3.73. The Hall–Kier alpha value is -1.50. The zero-order valence-corrected chi connectivity index (χ0v) is 9.25. The number of aromatic nitrogens is 1. The Morgan fingerprint density at radius 2 is 2.12 bits per heavy atom. The molecule has 1 unspecified atom stereocenters. The Balaban J connectivity index is 2.76. The number of rotatable bonds is 4. The van der Waals surface area contributed by atoms with E-state index in [0.29, 0.717) is 13.0 Å². The van der Waals surface area contributed by atoms with E-state index in [4.69, 9.17) is 10.8 Å². The van der Waals surface area contributed by atoms with Crippen LogP contribution in [-0.2, 0) is 6.18 Å². The Morgan fingerprint density at radius 1 is 1.47 bits per heavy atom. The van der Waals surface area contributed by atoms with E-state index in [1.54, 1.807) is 6.92 Å². The lowest BCUT2D eigenvalue weighted by molar-refractivity contribution is -0.137. The van der Waals surface area contributed by atoms with Gasteiger partial charge in [0, 0.05) is 6.54 Å². The summed E-state index contributed by atoms with van der Waals surface area (Å²) in [5.74, 6) is -0.141. The molecule has 1 aromatic rings. The lowest BCUT2D eigenvalue weighted by Crippen LogP contribution is -2.13. The third-order valence-electron chi connectivity index (χ3n) is 2.04. The number of nitrogens with two attached hydrogens (primary N) is 1. The largest absolute Gasteiger partial charge is 0.416 e.